The first kappa shape index (κ1) is 18.2. The monoisotopic (exact) mass is 372 g/mol. The number of nitrogens with one attached hydrogen (secondary N) is 1. The molecular formula is C18H20N4O3S. The highest BCUT2D eigenvalue weighted by molar-refractivity contribution is 7.99. The number of hydrogen-bond donors (Lipinski definition) is 2. The van der Waals surface area contributed by atoms with E-state index in [2.05, 4.69) is 10.3 Å². The molecule has 0 saturated heterocycles. The minimum atomic E-state index is -0.517. The van der Waals surface area contributed by atoms with Crippen molar-refractivity contribution in [2.24, 2.45) is 5.73 Å². The van der Waals surface area contributed by atoms with Crippen LogP contribution in [-0.2, 0) is 11.2 Å². The Morgan fingerprint density at radius 2 is 2.08 bits per heavy atom. The Hall–Kier alpha value is -2.61. The number of rotatable bonds is 6. The Labute approximate surface area is 155 Å². The molecule has 2 heterocycles. The molecule has 1 aromatic carbocycles. The fraction of sp³-hybridized carbons (Fsp3) is 0.333. The molecule has 0 fully saturated rings. The first-order chi connectivity index (χ1) is 12.5. The largest absolute Gasteiger partial charge is 0.366 e. The Balaban J connectivity index is 1.68. The Morgan fingerprint density at radius 1 is 1.35 bits per heavy atom. The summed E-state index contributed by atoms with van der Waals surface area (Å²) in [6, 6.07) is 7.72. The van der Waals surface area contributed by atoms with Crippen molar-refractivity contribution in [1.82, 2.24) is 9.55 Å². The molecule has 1 aromatic heterocycles. The molecule has 1 atom stereocenters. The first-order valence-corrected chi connectivity index (χ1v) is 9.41. The molecule has 136 valence electrons. The zero-order valence-electron chi connectivity index (χ0n) is 14.4. The highest BCUT2D eigenvalue weighted by atomic mass is 32.2. The van der Waals surface area contributed by atoms with Gasteiger partial charge in [-0.15, -0.1) is 0 Å². The molecule has 0 spiro atoms. The third-order valence-electron chi connectivity index (χ3n) is 4.12. The highest BCUT2D eigenvalue weighted by Crippen LogP contribution is 2.32. The zero-order valence-corrected chi connectivity index (χ0v) is 15.2. The summed E-state index contributed by atoms with van der Waals surface area (Å²) in [5.74, 6) is -0.0668. The summed E-state index contributed by atoms with van der Waals surface area (Å²) in [4.78, 5) is 40.3. The lowest BCUT2D eigenvalue weighted by Gasteiger charge is -2.13. The predicted molar refractivity (Wildman–Crippen MR) is 100 cm³/mol. The van der Waals surface area contributed by atoms with Gasteiger partial charge in [0.05, 0.1) is 6.04 Å². The molecule has 0 radical (unpaired) electrons. The molecule has 7 nitrogen and oxygen atoms in total. The maximum absolute atomic E-state index is 12.4. The van der Waals surface area contributed by atoms with Crippen molar-refractivity contribution in [3.8, 4) is 0 Å². The minimum Gasteiger partial charge on any atom is -0.366 e. The van der Waals surface area contributed by atoms with Crippen LogP contribution in [0, 0.1) is 0 Å². The molecule has 2 amide bonds. The number of hydrogen-bond acceptors (Lipinski definition) is 5. The van der Waals surface area contributed by atoms with E-state index in [9.17, 15) is 14.4 Å². The van der Waals surface area contributed by atoms with Crippen molar-refractivity contribution in [3.63, 3.8) is 0 Å². The van der Waals surface area contributed by atoms with Gasteiger partial charge in [0.2, 0.25) is 11.8 Å². The van der Waals surface area contributed by atoms with E-state index in [1.54, 1.807) is 34.9 Å². The van der Waals surface area contributed by atoms with Gasteiger partial charge >= 0.3 is 0 Å². The van der Waals surface area contributed by atoms with Gasteiger partial charge in [0.15, 0.2) is 5.16 Å². The number of aryl methyl sites for hydroxylation is 1. The molecular weight excluding hydrogens is 352 g/mol. The number of carbonyl (C=O) groups is 2. The fourth-order valence-corrected chi connectivity index (χ4v) is 4.05. The maximum Gasteiger partial charge on any atom is 0.254 e. The van der Waals surface area contributed by atoms with Crippen molar-refractivity contribution >= 4 is 29.3 Å². The lowest BCUT2D eigenvalue weighted by atomic mass is 10.2. The first-order valence-electron chi connectivity index (χ1n) is 8.43. The van der Waals surface area contributed by atoms with Crippen molar-refractivity contribution in [2.45, 2.75) is 37.4 Å². The third-order valence-corrected chi connectivity index (χ3v) is 5.22. The molecule has 3 rings (SSSR count). The second kappa shape index (κ2) is 7.74. The summed E-state index contributed by atoms with van der Waals surface area (Å²) < 4.78 is 1.61. The van der Waals surface area contributed by atoms with Crippen LogP contribution in [-0.4, -0.2) is 27.1 Å². The summed E-state index contributed by atoms with van der Waals surface area (Å²) in [5, 5.41) is 3.47. The average Bonchev–Trinajstić information content (AvgIpc) is 2.98. The average molecular weight is 372 g/mol. The van der Waals surface area contributed by atoms with E-state index in [1.165, 1.54) is 11.8 Å². The Morgan fingerprint density at radius 3 is 2.73 bits per heavy atom. The van der Waals surface area contributed by atoms with Crippen LogP contribution in [0.5, 0.6) is 0 Å². The van der Waals surface area contributed by atoms with Crippen LogP contribution in [0.4, 0.5) is 5.69 Å². The van der Waals surface area contributed by atoms with Gasteiger partial charge in [0.25, 0.3) is 5.56 Å². The van der Waals surface area contributed by atoms with Crippen LogP contribution < -0.4 is 16.6 Å². The van der Waals surface area contributed by atoms with Gasteiger partial charge in [-0.1, -0.05) is 25.1 Å². The summed E-state index contributed by atoms with van der Waals surface area (Å²) in [6.45, 7) is 2.04. The number of nitrogens with two attached hydrogens (primary N) is 1. The van der Waals surface area contributed by atoms with Gasteiger partial charge in [-0.2, -0.15) is 0 Å². The van der Waals surface area contributed by atoms with Crippen LogP contribution in [0.15, 0.2) is 40.3 Å². The van der Waals surface area contributed by atoms with Gasteiger partial charge in [0, 0.05) is 35.2 Å². The van der Waals surface area contributed by atoms with Gasteiger partial charge in [-0.3, -0.25) is 19.0 Å². The number of carbonyl (C=O) groups excluding carboxylic acids is 2. The molecule has 2 aromatic rings. The summed E-state index contributed by atoms with van der Waals surface area (Å²) in [7, 11) is 0. The van der Waals surface area contributed by atoms with Crippen molar-refractivity contribution in [3.05, 3.63) is 51.9 Å². The van der Waals surface area contributed by atoms with Crippen LogP contribution in [0.1, 0.15) is 41.9 Å². The summed E-state index contributed by atoms with van der Waals surface area (Å²) >= 11 is 1.50. The topological polar surface area (TPSA) is 107 Å². The molecule has 3 N–H and O–H groups in total. The lowest BCUT2D eigenvalue weighted by molar-refractivity contribution is -0.116. The molecule has 8 heteroatoms. The van der Waals surface area contributed by atoms with Gasteiger partial charge in [0.1, 0.15) is 0 Å². The van der Waals surface area contributed by atoms with E-state index in [1.807, 2.05) is 6.92 Å². The Bertz CT molecular complexity index is 892. The number of amides is 2. The van der Waals surface area contributed by atoms with E-state index in [0.717, 1.165) is 18.5 Å². The van der Waals surface area contributed by atoms with E-state index < -0.39 is 5.91 Å². The van der Waals surface area contributed by atoms with Crippen molar-refractivity contribution in [2.75, 3.05) is 11.1 Å². The molecule has 1 aliphatic rings. The normalized spacial score (nSPS) is 15.5. The predicted octanol–water partition coefficient (Wildman–Crippen LogP) is 1.97. The van der Waals surface area contributed by atoms with E-state index >= 15 is 0 Å². The van der Waals surface area contributed by atoms with Crippen molar-refractivity contribution in [1.29, 1.82) is 0 Å². The molecule has 1 unspecified atom stereocenters. The SMILES string of the molecule is CCCc1cc(=O)n2c(n1)SCC2CC(=O)Nc1ccc(C(N)=O)cc1. The molecule has 0 bridgehead atoms. The number of aromatic nitrogens is 2. The molecule has 1 aliphatic heterocycles. The van der Waals surface area contributed by atoms with Crippen LogP contribution in [0.25, 0.3) is 0 Å². The van der Waals surface area contributed by atoms with E-state index in [0.29, 0.717) is 22.2 Å². The van der Waals surface area contributed by atoms with Crippen molar-refractivity contribution < 1.29 is 9.59 Å². The number of fused-ring (bicyclic) bond motifs is 1. The van der Waals surface area contributed by atoms with Crippen LogP contribution in [0.2, 0.25) is 0 Å². The summed E-state index contributed by atoms with van der Waals surface area (Å²) in [5.41, 5.74) is 6.85. The highest BCUT2D eigenvalue weighted by Gasteiger charge is 2.27. The minimum absolute atomic E-state index is 0.105. The smallest absolute Gasteiger partial charge is 0.254 e. The second-order valence-electron chi connectivity index (χ2n) is 6.15. The second-order valence-corrected chi connectivity index (χ2v) is 7.13. The molecule has 0 aliphatic carbocycles. The van der Waals surface area contributed by atoms with Gasteiger partial charge in [-0.25, -0.2) is 4.98 Å². The molecule has 0 saturated carbocycles. The number of primary amides is 1. The fourth-order valence-electron chi connectivity index (χ4n) is 2.88. The number of nitrogens with zero attached hydrogens (tertiary/aromatic N) is 2. The van der Waals surface area contributed by atoms with E-state index in [4.69, 9.17) is 5.73 Å². The zero-order chi connectivity index (χ0) is 18.7. The maximum atomic E-state index is 12.4. The number of anilines is 1. The lowest BCUT2D eigenvalue weighted by Crippen LogP contribution is -2.27. The number of thioether (sulfide) groups is 1. The Kier molecular flexibility index (Phi) is 5.41. The molecule has 26 heavy (non-hydrogen) atoms. The standard InChI is InChI=1S/C18H20N4O3S/c1-2-3-13-8-16(24)22-14(10-26-18(22)21-13)9-15(23)20-12-6-4-11(5-7-12)17(19)25/h4-8,14H,2-3,9-10H2,1H3,(H2,19,25)(H,20,23). The number of benzene rings is 1. The quantitative estimate of drug-likeness (QED) is 0.754. The van der Waals surface area contributed by atoms with Crippen LogP contribution >= 0.6 is 11.8 Å². The van der Waals surface area contributed by atoms with Crippen LogP contribution in [0.3, 0.4) is 0 Å². The van der Waals surface area contributed by atoms with Gasteiger partial charge in [-0.05, 0) is 30.7 Å². The third kappa shape index (κ3) is 3.96. The van der Waals surface area contributed by atoms with Gasteiger partial charge < -0.3 is 11.1 Å². The summed E-state index contributed by atoms with van der Waals surface area (Å²) in [6.07, 6.45) is 1.89. The van der Waals surface area contributed by atoms with E-state index in [-0.39, 0.29) is 23.9 Å².